The van der Waals surface area contributed by atoms with E-state index in [1.54, 1.807) is 0 Å². The maximum Gasteiger partial charge on any atom is 0.115 e. The van der Waals surface area contributed by atoms with Crippen molar-refractivity contribution in [2.75, 3.05) is 5.32 Å². The van der Waals surface area contributed by atoms with Gasteiger partial charge in [-0.3, -0.25) is 0 Å². The Bertz CT molecular complexity index is 355. The number of nitrogens with one attached hydrogen (secondary N) is 1. The Morgan fingerprint density at radius 1 is 1.13 bits per heavy atom. The minimum atomic E-state index is 0.659. The summed E-state index contributed by atoms with van der Waals surface area (Å²) >= 11 is 0. The lowest BCUT2D eigenvalue weighted by Gasteiger charge is -2.06. The zero-order valence-electron chi connectivity index (χ0n) is 9.92. The first-order valence-electron chi connectivity index (χ1n) is 5.42. The van der Waals surface area contributed by atoms with Gasteiger partial charge >= 0.3 is 0 Å². The molecule has 1 heterocycles. The van der Waals surface area contributed by atoms with E-state index in [1.165, 1.54) is 5.56 Å². The molecule has 0 unspecified atom stereocenters. The minimum absolute atomic E-state index is 0.659. The molecule has 82 valence electrons. The van der Waals surface area contributed by atoms with E-state index in [9.17, 15) is 0 Å². The van der Waals surface area contributed by atoms with Gasteiger partial charge in [0.2, 0.25) is 0 Å². The number of benzene rings is 1. The zero-order chi connectivity index (χ0) is 11.3. The van der Waals surface area contributed by atoms with E-state index < -0.39 is 0 Å². The highest BCUT2D eigenvalue weighted by molar-refractivity contribution is 5.55. The fourth-order valence-corrected chi connectivity index (χ4v) is 1.35. The summed E-state index contributed by atoms with van der Waals surface area (Å²) in [7, 11) is 0. The van der Waals surface area contributed by atoms with Crippen molar-refractivity contribution < 1.29 is 4.74 Å². The molecule has 15 heavy (non-hydrogen) atoms. The molecular weight excluding hydrogens is 186 g/mol. The summed E-state index contributed by atoms with van der Waals surface area (Å²) in [6.07, 6.45) is 0. The summed E-state index contributed by atoms with van der Waals surface area (Å²) in [5.74, 6) is 0.969. The summed E-state index contributed by atoms with van der Waals surface area (Å²) in [4.78, 5) is 0. The first kappa shape index (κ1) is 11.6. The number of rotatable bonds is 0. The summed E-state index contributed by atoms with van der Waals surface area (Å²) in [5, 5.41) is 3.33. The monoisotopic (exact) mass is 205 g/mol. The Morgan fingerprint density at radius 3 is 2.53 bits per heavy atom. The second-order valence-corrected chi connectivity index (χ2v) is 3.25. The summed E-state index contributed by atoms with van der Waals surface area (Å²) in [6, 6.07) is 8.20. The smallest absolute Gasteiger partial charge is 0.115 e. The fourth-order valence-electron chi connectivity index (χ4n) is 1.35. The lowest BCUT2D eigenvalue weighted by Crippen LogP contribution is -1.97. The van der Waals surface area contributed by atoms with Gasteiger partial charge < -0.3 is 10.1 Å². The van der Waals surface area contributed by atoms with Gasteiger partial charge in [-0.2, -0.15) is 0 Å². The Hall–Kier alpha value is -1.44. The molecule has 1 aliphatic rings. The van der Waals surface area contributed by atoms with Crippen LogP contribution in [-0.2, 0) is 11.3 Å². The number of fused-ring (bicyclic) bond motifs is 1. The number of ether oxygens (including phenoxy) is 1. The van der Waals surface area contributed by atoms with Crippen LogP contribution in [0.2, 0.25) is 0 Å². The van der Waals surface area contributed by atoms with Gasteiger partial charge in [-0.05, 0) is 19.9 Å². The second-order valence-electron chi connectivity index (χ2n) is 3.25. The Kier molecular flexibility index (Phi) is 4.22. The molecule has 2 rings (SSSR count). The van der Waals surface area contributed by atoms with Crippen molar-refractivity contribution in [3.8, 4) is 0 Å². The fraction of sp³-hybridized carbons (Fsp3) is 0.385. The maximum absolute atomic E-state index is 5.56. The lowest BCUT2D eigenvalue weighted by molar-refractivity contribution is 0.200. The third kappa shape index (κ3) is 2.75. The Morgan fingerprint density at radius 2 is 1.80 bits per heavy atom. The average molecular weight is 205 g/mol. The van der Waals surface area contributed by atoms with Gasteiger partial charge in [-0.15, -0.1) is 0 Å². The van der Waals surface area contributed by atoms with Gasteiger partial charge in [0.25, 0.3) is 0 Å². The first-order valence-corrected chi connectivity index (χ1v) is 5.42. The van der Waals surface area contributed by atoms with Crippen molar-refractivity contribution in [1.29, 1.82) is 0 Å². The van der Waals surface area contributed by atoms with Crippen LogP contribution in [0.1, 0.15) is 33.3 Å². The highest BCUT2D eigenvalue weighted by atomic mass is 16.5. The van der Waals surface area contributed by atoms with E-state index in [0.717, 1.165) is 17.1 Å². The SMILES string of the molecule is CC.CC1=C(C)OCc2ccccc2N1. The summed E-state index contributed by atoms with van der Waals surface area (Å²) < 4.78 is 5.56. The van der Waals surface area contributed by atoms with Crippen LogP contribution in [0, 0.1) is 0 Å². The van der Waals surface area contributed by atoms with Crippen LogP contribution in [0.15, 0.2) is 35.7 Å². The number of para-hydroxylation sites is 1. The van der Waals surface area contributed by atoms with Gasteiger partial charge in [-0.25, -0.2) is 0 Å². The third-order valence-corrected chi connectivity index (χ3v) is 2.31. The Balaban J connectivity index is 0.000000531. The predicted octanol–water partition coefficient (Wildman–Crippen LogP) is 3.91. The van der Waals surface area contributed by atoms with Crippen LogP contribution in [-0.4, -0.2) is 0 Å². The van der Waals surface area contributed by atoms with Crippen molar-refractivity contribution in [3.63, 3.8) is 0 Å². The van der Waals surface area contributed by atoms with Crippen LogP contribution in [0.5, 0.6) is 0 Å². The maximum atomic E-state index is 5.56. The van der Waals surface area contributed by atoms with E-state index >= 15 is 0 Å². The normalized spacial score (nSPS) is 13.9. The molecule has 2 heteroatoms. The van der Waals surface area contributed by atoms with E-state index in [1.807, 2.05) is 39.8 Å². The largest absolute Gasteiger partial charge is 0.492 e. The molecule has 1 N–H and O–H groups in total. The van der Waals surface area contributed by atoms with Gasteiger partial charge in [-0.1, -0.05) is 32.0 Å². The van der Waals surface area contributed by atoms with Gasteiger partial charge in [0.05, 0.1) is 0 Å². The van der Waals surface area contributed by atoms with Crippen LogP contribution in [0.3, 0.4) is 0 Å². The van der Waals surface area contributed by atoms with Crippen molar-refractivity contribution in [2.45, 2.75) is 34.3 Å². The molecule has 0 spiro atoms. The van der Waals surface area contributed by atoms with E-state index in [0.29, 0.717) is 6.61 Å². The molecule has 0 atom stereocenters. The predicted molar refractivity (Wildman–Crippen MR) is 64.6 cm³/mol. The highest BCUT2D eigenvalue weighted by Gasteiger charge is 2.09. The molecular formula is C13H19NO. The van der Waals surface area contributed by atoms with Crippen molar-refractivity contribution in [2.24, 2.45) is 0 Å². The molecule has 0 amide bonds. The average Bonchev–Trinajstić information content (AvgIpc) is 2.43. The number of hydrogen-bond acceptors (Lipinski definition) is 2. The quantitative estimate of drug-likeness (QED) is 0.693. The molecule has 1 aromatic carbocycles. The van der Waals surface area contributed by atoms with Gasteiger partial charge in [0.1, 0.15) is 12.4 Å². The van der Waals surface area contributed by atoms with Gasteiger partial charge in [0, 0.05) is 16.9 Å². The van der Waals surface area contributed by atoms with Crippen LogP contribution in [0.4, 0.5) is 5.69 Å². The molecule has 0 aromatic heterocycles. The minimum Gasteiger partial charge on any atom is -0.492 e. The Labute approximate surface area is 92.0 Å². The molecule has 0 saturated heterocycles. The molecule has 0 aliphatic carbocycles. The number of anilines is 1. The molecule has 0 radical (unpaired) electrons. The molecule has 1 aliphatic heterocycles. The van der Waals surface area contributed by atoms with E-state index in [2.05, 4.69) is 17.4 Å². The van der Waals surface area contributed by atoms with E-state index in [-0.39, 0.29) is 0 Å². The molecule has 0 saturated carbocycles. The standard InChI is InChI=1S/C11H13NO.C2H6/c1-8-9(2)13-7-10-5-3-4-6-11(10)12-8;1-2/h3-6,12H,7H2,1-2H3;1-2H3. The van der Waals surface area contributed by atoms with Crippen LogP contribution in [0.25, 0.3) is 0 Å². The molecule has 1 aromatic rings. The first-order chi connectivity index (χ1) is 7.27. The zero-order valence-corrected chi connectivity index (χ0v) is 9.92. The van der Waals surface area contributed by atoms with Crippen molar-refractivity contribution in [1.82, 2.24) is 0 Å². The summed E-state index contributed by atoms with van der Waals surface area (Å²) in [5.41, 5.74) is 3.44. The highest BCUT2D eigenvalue weighted by Crippen LogP contribution is 2.23. The number of hydrogen-bond donors (Lipinski definition) is 1. The number of allylic oxidation sites excluding steroid dienone is 2. The molecule has 0 bridgehead atoms. The molecule has 0 fully saturated rings. The van der Waals surface area contributed by atoms with Crippen LogP contribution < -0.4 is 5.32 Å². The molecule has 2 nitrogen and oxygen atoms in total. The van der Waals surface area contributed by atoms with E-state index in [4.69, 9.17) is 4.74 Å². The third-order valence-electron chi connectivity index (χ3n) is 2.31. The summed E-state index contributed by atoms with van der Waals surface area (Å²) in [6.45, 7) is 8.66. The van der Waals surface area contributed by atoms with Crippen LogP contribution >= 0.6 is 0 Å². The van der Waals surface area contributed by atoms with Crippen molar-refractivity contribution >= 4 is 5.69 Å². The van der Waals surface area contributed by atoms with Gasteiger partial charge in [0.15, 0.2) is 0 Å². The lowest BCUT2D eigenvalue weighted by atomic mass is 10.2. The topological polar surface area (TPSA) is 21.3 Å². The van der Waals surface area contributed by atoms with Crippen molar-refractivity contribution in [3.05, 3.63) is 41.3 Å². The second kappa shape index (κ2) is 5.44.